The first-order valence-electron chi connectivity index (χ1n) is 7.97. The van der Waals surface area contributed by atoms with Crippen molar-refractivity contribution in [2.75, 3.05) is 59.1 Å². The number of carboxylic acids is 1. The van der Waals surface area contributed by atoms with Crippen LogP contribution in [-0.2, 0) is 4.74 Å². The summed E-state index contributed by atoms with van der Waals surface area (Å²) in [7, 11) is 5.83. The van der Waals surface area contributed by atoms with E-state index < -0.39 is 5.97 Å². The Kier molecular flexibility index (Phi) is 11.1. The normalized spacial score (nSPS) is 11.2. The minimum atomic E-state index is -1.05. The van der Waals surface area contributed by atoms with Crippen LogP contribution in [0.1, 0.15) is 23.7 Å². The maximum absolute atomic E-state index is 10.8. The second-order valence-electron chi connectivity index (χ2n) is 5.83. The maximum Gasteiger partial charge on any atom is 0.335 e. The summed E-state index contributed by atoms with van der Waals surface area (Å²) in [6.07, 6.45) is 6.01. The van der Waals surface area contributed by atoms with Gasteiger partial charge >= 0.3 is 5.97 Å². The molecule has 1 N–H and O–H groups in total. The van der Waals surface area contributed by atoms with Crippen molar-refractivity contribution in [3.05, 3.63) is 17.7 Å². The minimum Gasteiger partial charge on any atom is -0.493 e. The van der Waals surface area contributed by atoms with Gasteiger partial charge in [-0.05, 0) is 42.6 Å². The summed E-state index contributed by atoms with van der Waals surface area (Å²) >= 11 is 0. The van der Waals surface area contributed by atoms with Crippen molar-refractivity contribution >= 4 is 16.0 Å². The lowest BCUT2D eigenvalue weighted by Gasteiger charge is -2.29. The molecule has 25 heavy (non-hydrogen) atoms. The molecule has 0 aliphatic heterocycles. The van der Waals surface area contributed by atoms with Crippen molar-refractivity contribution < 1.29 is 28.8 Å². The molecule has 1 rings (SSSR count). The van der Waals surface area contributed by atoms with Crippen molar-refractivity contribution in [1.82, 2.24) is 0 Å². The van der Waals surface area contributed by atoms with Gasteiger partial charge in [-0.15, -0.1) is 0 Å². The van der Waals surface area contributed by atoms with Gasteiger partial charge in [0.25, 0.3) is 0 Å². The molecule has 0 aliphatic carbocycles. The zero-order chi connectivity index (χ0) is 19.5. The number of benzene rings is 1. The topological polar surface area (TPSA) is 74.2 Å². The first-order chi connectivity index (χ1) is 11.8. The number of aromatic carboxylic acids is 1. The standard InChI is InChI=1S/C10H12O5.C8H20OS/c1-13-7-4-6(10(11)12)5-8(14-2)9(7)15-3;1-5-10(3,4)8-6-7-9-2/h4-5H,1-3H3,(H,11,12);5-8H2,1-4H3. The Morgan fingerprint density at radius 3 is 1.88 bits per heavy atom. The van der Waals surface area contributed by atoms with Crippen LogP contribution in [0.4, 0.5) is 0 Å². The second-order valence-corrected chi connectivity index (χ2v) is 10.3. The van der Waals surface area contributed by atoms with Gasteiger partial charge in [-0.3, -0.25) is 0 Å². The summed E-state index contributed by atoms with van der Waals surface area (Å²) in [6.45, 7) is 3.21. The van der Waals surface area contributed by atoms with Gasteiger partial charge in [0, 0.05) is 13.7 Å². The number of carbonyl (C=O) groups is 1. The van der Waals surface area contributed by atoms with Crippen LogP contribution in [0.15, 0.2) is 12.1 Å². The van der Waals surface area contributed by atoms with E-state index in [4.69, 9.17) is 24.1 Å². The third-order valence-corrected chi connectivity index (χ3v) is 6.70. The number of ether oxygens (including phenoxy) is 4. The molecule has 0 saturated carbocycles. The van der Waals surface area contributed by atoms with Gasteiger partial charge in [0.2, 0.25) is 5.75 Å². The molecule has 0 fully saturated rings. The molecule has 1 aromatic rings. The molecule has 0 heterocycles. The fourth-order valence-electron chi connectivity index (χ4n) is 1.94. The van der Waals surface area contributed by atoms with Crippen molar-refractivity contribution in [2.24, 2.45) is 0 Å². The van der Waals surface area contributed by atoms with Gasteiger partial charge in [-0.2, -0.15) is 0 Å². The van der Waals surface area contributed by atoms with E-state index in [0.717, 1.165) is 6.61 Å². The molecule has 0 spiro atoms. The van der Waals surface area contributed by atoms with Crippen LogP contribution in [0.3, 0.4) is 0 Å². The predicted octanol–water partition coefficient (Wildman–Crippen LogP) is 3.52. The smallest absolute Gasteiger partial charge is 0.335 e. The number of hydrogen-bond donors (Lipinski definition) is 1. The van der Waals surface area contributed by atoms with Crippen LogP contribution in [0.2, 0.25) is 0 Å². The first-order valence-corrected chi connectivity index (χ1v) is 10.8. The molecular weight excluding hydrogens is 344 g/mol. The lowest BCUT2D eigenvalue weighted by molar-refractivity contribution is 0.0696. The Morgan fingerprint density at radius 1 is 1.04 bits per heavy atom. The number of carboxylic acid groups (broad SMARTS) is 1. The Morgan fingerprint density at radius 2 is 1.56 bits per heavy atom. The predicted molar refractivity (Wildman–Crippen MR) is 104 cm³/mol. The fourth-order valence-corrected chi connectivity index (χ4v) is 3.13. The highest BCUT2D eigenvalue weighted by atomic mass is 32.3. The minimum absolute atomic E-state index is 0.0875. The van der Waals surface area contributed by atoms with Crippen molar-refractivity contribution in [3.8, 4) is 17.2 Å². The molecule has 0 aromatic heterocycles. The summed E-state index contributed by atoms with van der Waals surface area (Å²) in [5, 5.41) is 8.84. The third kappa shape index (κ3) is 8.36. The molecule has 0 bridgehead atoms. The summed E-state index contributed by atoms with van der Waals surface area (Å²) < 4.78 is 20.0. The van der Waals surface area contributed by atoms with Gasteiger partial charge in [0.1, 0.15) is 0 Å². The average Bonchev–Trinajstić information content (AvgIpc) is 2.60. The Bertz CT molecular complexity index is 505. The zero-order valence-electron chi connectivity index (χ0n) is 16.4. The quantitative estimate of drug-likeness (QED) is 0.665. The Balaban J connectivity index is 0.000000504. The van der Waals surface area contributed by atoms with Gasteiger partial charge in [0.15, 0.2) is 11.5 Å². The fraction of sp³-hybridized carbons (Fsp3) is 0.611. The van der Waals surface area contributed by atoms with Crippen LogP contribution >= 0.6 is 10.0 Å². The monoisotopic (exact) mass is 376 g/mol. The lowest BCUT2D eigenvalue weighted by atomic mass is 10.2. The van der Waals surface area contributed by atoms with Gasteiger partial charge in [0.05, 0.1) is 26.9 Å². The van der Waals surface area contributed by atoms with E-state index >= 15 is 0 Å². The third-order valence-electron chi connectivity index (χ3n) is 3.74. The van der Waals surface area contributed by atoms with Crippen molar-refractivity contribution in [3.63, 3.8) is 0 Å². The van der Waals surface area contributed by atoms with E-state index in [1.54, 1.807) is 7.11 Å². The Hall–Kier alpha value is -1.60. The van der Waals surface area contributed by atoms with E-state index in [0.29, 0.717) is 17.2 Å². The molecule has 0 saturated heterocycles. The second kappa shape index (κ2) is 11.9. The molecule has 7 heteroatoms. The number of hydrogen-bond acceptors (Lipinski definition) is 5. The SMILES string of the molecule is CCS(C)(C)CCCOC.COc1cc(C(=O)O)cc(OC)c1OC. The highest BCUT2D eigenvalue weighted by Crippen LogP contribution is 2.39. The summed E-state index contributed by atoms with van der Waals surface area (Å²) in [4.78, 5) is 10.8. The van der Waals surface area contributed by atoms with Crippen LogP contribution in [0.25, 0.3) is 0 Å². The molecule has 6 nitrogen and oxygen atoms in total. The van der Waals surface area contributed by atoms with Crippen LogP contribution in [-0.4, -0.2) is 70.1 Å². The molecular formula is C18H32O6S. The van der Waals surface area contributed by atoms with Crippen molar-refractivity contribution in [2.45, 2.75) is 13.3 Å². The van der Waals surface area contributed by atoms with Crippen LogP contribution in [0, 0.1) is 0 Å². The first kappa shape index (κ1) is 23.4. The average molecular weight is 377 g/mol. The highest BCUT2D eigenvalue weighted by molar-refractivity contribution is 8.32. The maximum atomic E-state index is 10.8. The van der Waals surface area contributed by atoms with Crippen LogP contribution in [0.5, 0.6) is 17.2 Å². The summed E-state index contributed by atoms with van der Waals surface area (Å²) in [6, 6.07) is 2.76. The largest absolute Gasteiger partial charge is 0.493 e. The molecule has 0 unspecified atom stereocenters. The van der Waals surface area contributed by atoms with Gasteiger partial charge < -0.3 is 24.1 Å². The zero-order valence-corrected chi connectivity index (χ0v) is 17.2. The Labute approximate surface area is 152 Å². The summed E-state index contributed by atoms with van der Waals surface area (Å²) in [5.74, 6) is 2.69. The highest BCUT2D eigenvalue weighted by Gasteiger charge is 2.15. The number of methoxy groups -OCH3 is 4. The molecule has 0 atom stereocenters. The van der Waals surface area contributed by atoms with Crippen LogP contribution < -0.4 is 14.2 Å². The van der Waals surface area contributed by atoms with Gasteiger partial charge in [-0.1, -0.05) is 6.92 Å². The van der Waals surface area contributed by atoms with E-state index in [1.165, 1.54) is 51.4 Å². The molecule has 1 aromatic carbocycles. The molecule has 0 amide bonds. The molecule has 0 aliphatic rings. The lowest BCUT2D eigenvalue weighted by Crippen LogP contribution is -2.05. The van der Waals surface area contributed by atoms with E-state index in [9.17, 15) is 4.79 Å². The summed E-state index contributed by atoms with van der Waals surface area (Å²) in [5.41, 5.74) is 0.0875. The van der Waals surface area contributed by atoms with Gasteiger partial charge in [-0.25, -0.2) is 14.8 Å². The van der Waals surface area contributed by atoms with E-state index in [-0.39, 0.29) is 15.6 Å². The van der Waals surface area contributed by atoms with Crippen molar-refractivity contribution in [1.29, 1.82) is 0 Å². The van der Waals surface area contributed by atoms with E-state index in [2.05, 4.69) is 19.4 Å². The molecule has 0 radical (unpaired) electrons. The van der Waals surface area contributed by atoms with E-state index in [1.807, 2.05) is 0 Å². The molecule has 146 valence electrons. The number of rotatable bonds is 9.